The van der Waals surface area contributed by atoms with Crippen molar-refractivity contribution in [3.8, 4) is 11.3 Å². The molecule has 114 valence electrons. The van der Waals surface area contributed by atoms with E-state index in [1.165, 1.54) is 6.33 Å². The maximum absolute atomic E-state index is 6.16. The average molecular weight is 318 g/mol. The molecule has 1 atom stereocenters. The van der Waals surface area contributed by atoms with Crippen LogP contribution in [0.15, 0.2) is 47.5 Å². The van der Waals surface area contributed by atoms with Crippen molar-refractivity contribution in [2.24, 2.45) is 0 Å². The molecule has 7 heteroatoms. The number of benzene rings is 1. The number of hydrogen-bond acceptors (Lipinski definition) is 5. The van der Waals surface area contributed by atoms with E-state index < -0.39 is 0 Å². The predicted molar refractivity (Wildman–Crippen MR) is 83.3 cm³/mol. The highest BCUT2D eigenvalue weighted by atomic mass is 35.5. The molecule has 2 heterocycles. The van der Waals surface area contributed by atoms with Gasteiger partial charge in [-0.05, 0) is 19.1 Å². The fraction of sp³-hybridized carbons (Fsp3) is 0.267. The first-order chi connectivity index (χ1) is 10.7. The van der Waals surface area contributed by atoms with Crippen LogP contribution in [0.5, 0.6) is 0 Å². The van der Waals surface area contributed by atoms with Crippen LogP contribution in [0.2, 0.25) is 5.02 Å². The van der Waals surface area contributed by atoms with Crippen LogP contribution in [-0.4, -0.2) is 26.0 Å². The zero-order valence-corrected chi connectivity index (χ0v) is 12.9. The van der Waals surface area contributed by atoms with Crippen LogP contribution < -0.4 is 5.32 Å². The van der Waals surface area contributed by atoms with Gasteiger partial charge in [0.05, 0.1) is 17.3 Å². The molecule has 0 aliphatic carbocycles. The van der Waals surface area contributed by atoms with Crippen molar-refractivity contribution in [3.05, 3.63) is 53.7 Å². The first-order valence-corrected chi connectivity index (χ1v) is 7.36. The summed E-state index contributed by atoms with van der Waals surface area (Å²) in [4.78, 5) is 3.92. The van der Waals surface area contributed by atoms with Crippen LogP contribution in [0.4, 0.5) is 0 Å². The molecule has 0 fully saturated rings. The molecular weight excluding hydrogens is 302 g/mol. The van der Waals surface area contributed by atoms with E-state index in [1.807, 2.05) is 30.3 Å². The number of hydrogen-bond donors (Lipinski definition) is 1. The van der Waals surface area contributed by atoms with E-state index in [4.69, 9.17) is 16.1 Å². The summed E-state index contributed by atoms with van der Waals surface area (Å²) in [5.74, 6) is 0.673. The summed E-state index contributed by atoms with van der Waals surface area (Å²) >= 11 is 6.16. The SMILES string of the molecule is CC(Cn1cncn1)NCc1cc(-c2ccccc2Cl)on1. The third-order valence-corrected chi connectivity index (χ3v) is 3.59. The first-order valence-electron chi connectivity index (χ1n) is 6.98. The van der Waals surface area contributed by atoms with Gasteiger partial charge < -0.3 is 9.84 Å². The van der Waals surface area contributed by atoms with Crippen molar-refractivity contribution in [2.75, 3.05) is 0 Å². The minimum Gasteiger partial charge on any atom is -0.356 e. The molecule has 1 unspecified atom stereocenters. The number of nitrogens with zero attached hydrogens (tertiary/aromatic N) is 4. The van der Waals surface area contributed by atoms with Gasteiger partial charge in [-0.15, -0.1) is 0 Å². The summed E-state index contributed by atoms with van der Waals surface area (Å²) in [6.45, 7) is 3.44. The molecule has 0 aliphatic rings. The van der Waals surface area contributed by atoms with Gasteiger partial charge in [-0.1, -0.05) is 28.9 Å². The molecule has 1 N–H and O–H groups in total. The van der Waals surface area contributed by atoms with Gasteiger partial charge in [0.1, 0.15) is 12.7 Å². The molecule has 0 bridgehead atoms. The molecule has 3 rings (SSSR count). The largest absolute Gasteiger partial charge is 0.356 e. The molecule has 0 amide bonds. The van der Waals surface area contributed by atoms with Crippen molar-refractivity contribution < 1.29 is 4.52 Å². The van der Waals surface area contributed by atoms with Crippen LogP contribution in [-0.2, 0) is 13.1 Å². The summed E-state index contributed by atoms with van der Waals surface area (Å²) in [6.07, 6.45) is 3.23. The van der Waals surface area contributed by atoms with Crippen molar-refractivity contribution in [3.63, 3.8) is 0 Å². The fourth-order valence-corrected chi connectivity index (χ4v) is 2.36. The molecule has 0 saturated heterocycles. The van der Waals surface area contributed by atoms with Gasteiger partial charge in [-0.2, -0.15) is 5.10 Å². The lowest BCUT2D eigenvalue weighted by Gasteiger charge is -2.11. The Morgan fingerprint density at radius 2 is 2.23 bits per heavy atom. The lowest BCUT2D eigenvalue weighted by molar-refractivity contribution is 0.407. The molecule has 0 spiro atoms. The second-order valence-corrected chi connectivity index (χ2v) is 5.47. The fourth-order valence-electron chi connectivity index (χ4n) is 2.13. The standard InChI is InChI=1S/C15H16ClN5O/c1-11(8-21-10-17-9-19-21)18-7-12-6-15(22-20-12)13-4-2-3-5-14(13)16/h2-6,9-11,18H,7-8H2,1H3. The normalized spacial score (nSPS) is 12.5. The molecule has 0 radical (unpaired) electrons. The average Bonchev–Trinajstić information content (AvgIpc) is 3.17. The van der Waals surface area contributed by atoms with Crippen LogP contribution in [0, 0.1) is 0 Å². The van der Waals surface area contributed by atoms with Crippen molar-refractivity contribution >= 4 is 11.6 Å². The maximum Gasteiger partial charge on any atom is 0.168 e. The monoisotopic (exact) mass is 317 g/mol. The third kappa shape index (κ3) is 3.52. The molecular formula is C15H16ClN5O. The second-order valence-electron chi connectivity index (χ2n) is 5.06. The summed E-state index contributed by atoms with van der Waals surface area (Å²) in [5.41, 5.74) is 1.68. The molecule has 3 aromatic rings. The smallest absolute Gasteiger partial charge is 0.168 e. The molecule has 2 aromatic heterocycles. The molecule has 1 aromatic carbocycles. The molecule has 6 nitrogen and oxygen atoms in total. The van der Waals surface area contributed by atoms with Crippen LogP contribution in [0.3, 0.4) is 0 Å². The topological polar surface area (TPSA) is 68.8 Å². The van der Waals surface area contributed by atoms with Crippen LogP contribution in [0.25, 0.3) is 11.3 Å². The summed E-state index contributed by atoms with van der Waals surface area (Å²) in [7, 11) is 0. The Morgan fingerprint density at radius 3 is 3.00 bits per heavy atom. The van der Waals surface area contributed by atoms with Crippen molar-refractivity contribution in [1.29, 1.82) is 0 Å². The predicted octanol–water partition coefficient (Wildman–Crippen LogP) is 2.76. The van der Waals surface area contributed by atoms with Crippen molar-refractivity contribution in [1.82, 2.24) is 25.2 Å². The highest BCUT2D eigenvalue weighted by molar-refractivity contribution is 6.33. The molecule has 0 saturated carbocycles. The Labute approximate surface area is 133 Å². The molecule has 0 aliphatic heterocycles. The summed E-state index contributed by atoms with van der Waals surface area (Å²) < 4.78 is 7.16. The Hall–Kier alpha value is -2.18. The van der Waals surface area contributed by atoms with Gasteiger partial charge >= 0.3 is 0 Å². The molecule has 22 heavy (non-hydrogen) atoms. The van der Waals surface area contributed by atoms with E-state index in [9.17, 15) is 0 Å². The number of halogens is 1. The number of aromatic nitrogens is 4. The highest BCUT2D eigenvalue weighted by Crippen LogP contribution is 2.27. The van der Waals surface area contributed by atoms with E-state index in [0.29, 0.717) is 17.3 Å². The highest BCUT2D eigenvalue weighted by Gasteiger charge is 2.10. The van der Waals surface area contributed by atoms with E-state index in [1.54, 1.807) is 11.0 Å². The van der Waals surface area contributed by atoms with Gasteiger partial charge in [0, 0.05) is 24.2 Å². The van der Waals surface area contributed by atoms with Gasteiger partial charge in [-0.25, -0.2) is 4.98 Å². The van der Waals surface area contributed by atoms with Crippen LogP contribution in [0.1, 0.15) is 12.6 Å². The first kappa shape index (κ1) is 14.7. The Balaban J connectivity index is 1.59. The number of rotatable bonds is 6. The van der Waals surface area contributed by atoms with Gasteiger partial charge in [0.25, 0.3) is 0 Å². The minimum absolute atomic E-state index is 0.238. The zero-order valence-electron chi connectivity index (χ0n) is 12.1. The van der Waals surface area contributed by atoms with Crippen LogP contribution >= 0.6 is 11.6 Å². The summed E-state index contributed by atoms with van der Waals surface area (Å²) in [6, 6.07) is 9.68. The second kappa shape index (κ2) is 6.72. The maximum atomic E-state index is 6.16. The van der Waals surface area contributed by atoms with E-state index in [2.05, 4.69) is 27.5 Å². The van der Waals surface area contributed by atoms with E-state index in [0.717, 1.165) is 17.8 Å². The van der Waals surface area contributed by atoms with Gasteiger partial charge in [0.2, 0.25) is 0 Å². The van der Waals surface area contributed by atoms with E-state index >= 15 is 0 Å². The minimum atomic E-state index is 0.238. The summed E-state index contributed by atoms with van der Waals surface area (Å²) in [5, 5.41) is 12.2. The lowest BCUT2D eigenvalue weighted by Crippen LogP contribution is -2.30. The number of nitrogens with one attached hydrogen (secondary N) is 1. The van der Waals surface area contributed by atoms with Gasteiger partial charge in [-0.3, -0.25) is 4.68 Å². The van der Waals surface area contributed by atoms with Gasteiger partial charge in [0.15, 0.2) is 5.76 Å². The van der Waals surface area contributed by atoms with Crippen molar-refractivity contribution in [2.45, 2.75) is 26.1 Å². The quantitative estimate of drug-likeness (QED) is 0.757. The Kier molecular flexibility index (Phi) is 4.50. The third-order valence-electron chi connectivity index (χ3n) is 3.26. The lowest BCUT2D eigenvalue weighted by atomic mass is 10.1. The Bertz CT molecular complexity index is 725. The Morgan fingerprint density at radius 1 is 1.36 bits per heavy atom. The zero-order chi connectivity index (χ0) is 15.4. The van der Waals surface area contributed by atoms with E-state index in [-0.39, 0.29) is 6.04 Å².